The van der Waals surface area contributed by atoms with Crippen LogP contribution < -0.4 is 10.1 Å². The molecule has 3 aromatic rings. The van der Waals surface area contributed by atoms with Crippen molar-refractivity contribution in [2.45, 2.75) is 0 Å². The average Bonchev–Trinajstić information content (AvgIpc) is 2.71. The quantitative estimate of drug-likeness (QED) is 0.402. The van der Waals surface area contributed by atoms with E-state index < -0.39 is 11.9 Å². The van der Waals surface area contributed by atoms with Crippen molar-refractivity contribution >= 4 is 49.8 Å². The number of ether oxygens (including phenoxy) is 1. The molecule has 0 heterocycles. The van der Waals surface area contributed by atoms with Crippen molar-refractivity contribution in [2.24, 2.45) is 0 Å². The highest BCUT2D eigenvalue weighted by Gasteiger charge is 2.13. The van der Waals surface area contributed by atoms with Crippen LogP contribution in [0.2, 0.25) is 0 Å². The van der Waals surface area contributed by atoms with Gasteiger partial charge in [0.2, 0.25) is 0 Å². The van der Waals surface area contributed by atoms with Gasteiger partial charge in [-0.05, 0) is 76.1 Å². The first-order valence-corrected chi connectivity index (χ1v) is 10.1. The molecule has 29 heavy (non-hydrogen) atoms. The molecule has 0 aliphatic rings. The number of aliphatic carboxylic acids is 1. The van der Waals surface area contributed by atoms with E-state index in [2.05, 4.69) is 37.2 Å². The molecule has 0 aromatic heterocycles. The normalized spacial score (nSPS) is 11.0. The molecule has 0 spiro atoms. The van der Waals surface area contributed by atoms with Gasteiger partial charge in [0, 0.05) is 10.0 Å². The molecule has 0 radical (unpaired) electrons. The van der Waals surface area contributed by atoms with Crippen molar-refractivity contribution < 1.29 is 19.4 Å². The topological polar surface area (TPSA) is 75.6 Å². The number of carbonyl (C=O) groups is 2. The highest BCUT2D eigenvalue weighted by atomic mass is 79.9. The summed E-state index contributed by atoms with van der Waals surface area (Å²) in [6.45, 7) is 0. The minimum Gasteiger partial charge on any atom is -0.477 e. The molecule has 0 saturated heterocycles. The molecule has 2 N–H and O–H groups in total. The zero-order valence-corrected chi connectivity index (χ0v) is 18.1. The zero-order chi connectivity index (χ0) is 20.8. The maximum absolute atomic E-state index is 12.3. The predicted octanol–water partition coefficient (Wildman–Crippen LogP) is 5.86. The third-order valence-corrected chi connectivity index (χ3v) is 5.02. The van der Waals surface area contributed by atoms with E-state index in [-0.39, 0.29) is 5.70 Å². The van der Waals surface area contributed by atoms with E-state index in [1.54, 1.807) is 48.5 Å². The minimum atomic E-state index is -1.23. The lowest BCUT2D eigenvalue weighted by Gasteiger charge is -2.09. The summed E-state index contributed by atoms with van der Waals surface area (Å²) in [6.07, 6.45) is 1.39. The number of halogens is 2. The standard InChI is InChI=1S/C22H15Br2NO4/c23-16-9-7-15(8-10-16)21(26)25-19(22(27)28)13-14-5-11-17(12-6-14)29-20-4-2-1-3-18(20)24/h1-13H,(H,25,26)(H,27,28)/b19-13+. The molecule has 146 valence electrons. The highest BCUT2D eigenvalue weighted by Crippen LogP contribution is 2.29. The molecule has 1 amide bonds. The van der Waals surface area contributed by atoms with Gasteiger partial charge >= 0.3 is 5.97 Å². The second-order valence-electron chi connectivity index (χ2n) is 5.93. The van der Waals surface area contributed by atoms with Crippen molar-refractivity contribution in [3.8, 4) is 11.5 Å². The van der Waals surface area contributed by atoms with Gasteiger partial charge in [-0.25, -0.2) is 4.79 Å². The van der Waals surface area contributed by atoms with Crippen LogP contribution in [0.5, 0.6) is 11.5 Å². The third-order valence-electron chi connectivity index (χ3n) is 3.84. The molecular formula is C22H15Br2NO4. The van der Waals surface area contributed by atoms with Crippen LogP contribution in [0.15, 0.2) is 87.4 Å². The van der Waals surface area contributed by atoms with Gasteiger partial charge in [0.1, 0.15) is 17.2 Å². The predicted molar refractivity (Wildman–Crippen MR) is 118 cm³/mol. The van der Waals surface area contributed by atoms with Crippen molar-refractivity contribution in [1.29, 1.82) is 0 Å². The number of nitrogens with one attached hydrogen (secondary N) is 1. The first-order valence-electron chi connectivity index (χ1n) is 8.47. The van der Waals surface area contributed by atoms with Gasteiger partial charge < -0.3 is 15.2 Å². The fraction of sp³-hybridized carbons (Fsp3) is 0. The van der Waals surface area contributed by atoms with E-state index in [1.165, 1.54) is 6.08 Å². The summed E-state index contributed by atoms with van der Waals surface area (Å²) in [5.74, 6) is -0.461. The molecule has 0 saturated carbocycles. The smallest absolute Gasteiger partial charge is 0.352 e. The summed E-state index contributed by atoms with van der Waals surface area (Å²) in [6, 6.07) is 21.0. The first kappa shape index (κ1) is 20.8. The lowest BCUT2D eigenvalue weighted by molar-refractivity contribution is -0.132. The molecular weight excluding hydrogens is 502 g/mol. The van der Waals surface area contributed by atoms with E-state index in [4.69, 9.17) is 4.74 Å². The molecule has 3 aromatic carbocycles. The van der Waals surface area contributed by atoms with Crippen LogP contribution in [0.4, 0.5) is 0 Å². The van der Waals surface area contributed by atoms with Crippen LogP contribution in [0, 0.1) is 0 Å². The number of para-hydroxylation sites is 1. The maximum atomic E-state index is 12.3. The average molecular weight is 517 g/mol. The molecule has 0 aliphatic carbocycles. The minimum absolute atomic E-state index is 0.225. The monoisotopic (exact) mass is 515 g/mol. The SMILES string of the molecule is O=C(O)/C(=C\c1ccc(Oc2ccccc2Br)cc1)NC(=O)c1ccc(Br)cc1. The van der Waals surface area contributed by atoms with Crippen molar-refractivity contribution in [1.82, 2.24) is 5.32 Å². The van der Waals surface area contributed by atoms with Crippen LogP contribution in [0.3, 0.4) is 0 Å². The summed E-state index contributed by atoms with van der Waals surface area (Å²) in [5, 5.41) is 11.9. The summed E-state index contributed by atoms with van der Waals surface area (Å²) >= 11 is 6.71. The Balaban J connectivity index is 1.75. The molecule has 0 bridgehead atoms. The summed E-state index contributed by atoms with van der Waals surface area (Å²) in [5.41, 5.74) is 0.743. The largest absolute Gasteiger partial charge is 0.477 e. The number of carboxylic acids is 1. The van der Waals surface area contributed by atoms with E-state index >= 15 is 0 Å². The van der Waals surface area contributed by atoms with Crippen LogP contribution in [-0.2, 0) is 4.79 Å². The van der Waals surface area contributed by atoms with E-state index in [9.17, 15) is 14.7 Å². The molecule has 5 nitrogen and oxygen atoms in total. The maximum Gasteiger partial charge on any atom is 0.352 e. The number of benzene rings is 3. The van der Waals surface area contributed by atoms with Crippen molar-refractivity contribution in [3.05, 3.63) is 98.6 Å². The van der Waals surface area contributed by atoms with E-state index in [0.29, 0.717) is 22.6 Å². The summed E-state index contributed by atoms with van der Waals surface area (Å²) in [4.78, 5) is 23.8. The number of hydrogen-bond acceptors (Lipinski definition) is 3. The Morgan fingerprint density at radius 1 is 0.897 bits per heavy atom. The molecule has 0 unspecified atom stereocenters. The Kier molecular flexibility index (Phi) is 6.85. The lowest BCUT2D eigenvalue weighted by atomic mass is 10.1. The Morgan fingerprint density at radius 2 is 1.55 bits per heavy atom. The first-order chi connectivity index (χ1) is 13.9. The third kappa shape index (κ3) is 5.79. The molecule has 0 atom stereocenters. The van der Waals surface area contributed by atoms with Gasteiger partial charge in [0.05, 0.1) is 4.47 Å². The second kappa shape index (κ2) is 9.54. The number of carboxylic acid groups (broad SMARTS) is 1. The van der Waals surface area contributed by atoms with Gasteiger partial charge in [-0.3, -0.25) is 4.79 Å². The number of hydrogen-bond donors (Lipinski definition) is 2. The van der Waals surface area contributed by atoms with Crippen LogP contribution in [0.1, 0.15) is 15.9 Å². The van der Waals surface area contributed by atoms with Crippen LogP contribution in [-0.4, -0.2) is 17.0 Å². The molecule has 3 rings (SSSR count). The van der Waals surface area contributed by atoms with Gasteiger partial charge in [0.15, 0.2) is 0 Å². The molecule has 7 heteroatoms. The van der Waals surface area contributed by atoms with Gasteiger partial charge in [-0.2, -0.15) is 0 Å². The summed E-state index contributed by atoms with van der Waals surface area (Å²) in [7, 11) is 0. The van der Waals surface area contributed by atoms with E-state index in [1.807, 2.05) is 24.3 Å². The highest BCUT2D eigenvalue weighted by molar-refractivity contribution is 9.10. The van der Waals surface area contributed by atoms with Crippen molar-refractivity contribution in [2.75, 3.05) is 0 Å². The number of amides is 1. The fourth-order valence-corrected chi connectivity index (χ4v) is 3.03. The van der Waals surface area contributed by atoms with Crippen LogP contribution >= 0.6 is 31.9 Å². The van der Waals surface area contributed by atoms with Gasteiger partial charge in [-0.1, -0.05) is 40.2 Å². The molecule has 0 aliphatic heterocycles. The number of carbonyl (C=O) groups excluding carboxylic acids is 1. The summed E-state index contributed by atoms with van der Waals surface area (Å²) < 4.78 is 7.44. The van der Waals surface area contributed by atoms with Gasteiger partial charge in [-0.15, -0.1) is 0 Å². The van der Waals surface area contributed by atoms with Gasteiger partial charge in [0.25, 0.3) is 5.91 Å². The Bertz CT molecular complexity index is 1060. The lowest BCUT2D eigenvalue weighted by Crippen LogP contribution is -2.27. The fourth-order valence-electron chi connectivity index (χ4n) is 2.40. The van der Waals surface area contributed by atoms with E-state index in [0.717, 1.165) is 8.95 Å². The Hall–Kier alpha value is -2.90. The zero-order valence-electron chi connectivity index (χ0n) is 14.9. The van der Waals surface area contributed by atoms with Crippen molar-refractivity contribution in [3.63, 3.8) is 0 Å². The number of rotatable bonds is 6. The second-order valence-corrected chi connectivity index (χ2v) is 7.70. The Morgan fingerprint density at radius 3 is 2.17 bits per heavy atom. The Labute approximate surface area is 184 Å². The molecule has 0 fully saturated rings. The van der Waals surface area contributed by atoms with Crippen LogP contribution in [0.25, 0.3) is 6.08 Å².